The van der Waals surface area contributed by atoms with Crippen LogP contribution in [0.4, 0.5) is 0 Å². The van der Waals surface area contributed by atoms with Gasteiger partial charge in [-0.15, -0.1) is 0 Å². The van der Waals surface area contributed by atoms with Crippen molar-refractivity contribution in [3.8, 4) is 5.69 Å². The quantitative estimate of drug-likeness (QED) is 0.130. The standard InChI is InChI=1S/C64H45B2N5/c1-6-24-47(25-7-1)65(48-26-8-2-9-27-48)51-32-20-22-45(42-51)57-44-67-64(69-63(68-57)46-23-21-33-52(43-46)66(49-28-10-3-11-29-49)50-30-12-4-13-31-50)71-59-39-19-17-37-56(59)61-60(71)41-40-55-54-36-16-18-38-58(54)70(62(55)61)53-34-14-5-15-35-53/h1-43H,44H2. The zero-order valence-corrected chi connectivity index (χ0v) is 38.9. The summed E-state index contributed by atoms with van der Waals surface area (Å²) in [5.41, 5.74) is 15.5. The van der Waals surface area contributed by atoms with Crippen LogP contribution in [0, 0.1) is 0 Å². The van der Waals surface area contributed by atoms with Crippen molar-refractivity contribution in [2.75, 3.05) is 6.54 Å². The van der Waals surface area contributed by atoms with Crippen LogP contribution in [0.15, 0.2) is 276 Å². The molecule has 0 saturated heterocycles. The summed E-state index contributed by atoms with van der Waals surface area (Å²) < 4.78 is 4.68. The highest BCUT2D eigenvalue weighted by molar-refractivity contribution is 6.96. The van der Waals surface area contributed by atoms with E-state index in [0.29, 0.717) is 18.3 Å². The Morgan fingerprint density at radius 1 is 0.338 bits per heavy atom. The Kier molecular flexibility index (Phi) is 10.7. The molecular weight excluding hydrogens is 860 g/mol. The summed E-state index contributed by atoms with van der Waals surface area (Å²) in [6.45, 7) is 0.353. The molecule has 3 heterocycles. The first-order chi connectivity index (χ1) is 35.2. The zero-order valence-electron chi connectivity index (χ0n) is 38.9. The third kappa shape index (κ3) is 7.60. The molecule has 12 aromatic rings. The Morgan fingerprint density at radius 3 is 1.38 bits per heavy atom. The summed E-state index contributed by atoms with van der Waals surface area (Å²) >= 11 is 0. The lowest BCUT2D eigenvalue weighted by molar-refractivity contribution is 1.16. The largest absolute Gasteiger partial charge is 0.309 e. The van der Waals surface area contributed by atoms with E-state index in [9.17, 15) is 0 Å². The van der Waals surface area contributed by atoms with E-state index >= 15 is 0 Å². The van der Waals surface area contributed by atoms with Gasteiger partial charge in [0.05, 0.1) is 34.3 Å². The van der Waals surface area contributed by atoms with Crippen LogP contribution in [0.2, 0.25) is 0 Å². The van der Waals surface area contributed by atoms with Crippen molar-refractivity contribution < 1.29 is 0 Å². The second-order valence-electron chi connectivity index (χ2n) is 18.3. The molecule has 0 amide bonds. The van der Waals surface area contributed by atoms with Gasteiger partial charge in [-0.05, 0) is 35.9 Å². The van der Waals surface area contributed by atoms with Crippen molar-refractivity contribution in [3.63, 3.8) is 0 Å². The molecule has 332 valence electrons. The molecule has 0 bridgehead atoms. The number of aromatic nitrogens is 2. The van der Waals surface area contributed by atoms with Crippen molar-refractivity contribution in [1.82, 2.24) is 9.13 Å². The smallest absolute Gasteiger partial charge is 0.241 e. The minimum atomic E-state index is 0.000942. The van der Waals surface area contributed by atoms with E-state index in [4.69, 9.17) is 15.0 Å². The molecule has 0 atom stereocenters. The first-order valence-corrected chi connectivity index (χ1v) is 24.4. The van der Waals surface area contributed by atoms with Crippen LogP contribution in [-0.4, -0.2) is 46.6 Å². The summed E-state index contributed by atoms with van der Waals surface area (Å²) in [5, 5.41) is 4.70. The average molecular weight is 906 g/mol. The maximum Gasteiger partial charge on any atom is 0.241 e. The predicted molar refractivity (Wildman–Crippen MR) is 303 cm³/mol. The van der Waals surface area contributed by atoms with Gasteiger partial charge < -0.3 is 4.57 Å². The molecule has 5 nitrogen and oxygen atoms in total. The van der Waals surface area contributed by atoms with Crippen LogP contribution in [0.1, 0.15) is 11.1 Å². The Labute approximate surface area is 413 Å². The van der Waals surface area contributed by atoms with Crippen LogP contribution in [0.3, 0.4) is 0 Å². The highest BCUT2D eigenvalue weighted by atomic mass is 15.2. The van der Waals surface area contributed by atoms with Gasteiger partial charge in [0, 0.05) is 32.8 Å². The van der Waals surface area contributed by atoms with Crippen LogP contribution in [0.5, 0.6) is 0 Å². The number of nitrogens with zero attached hydrogens (tertiary/aromatic N) is 5. The first kappa shape index (κ1) is 42.1. The highest BCUT2D eigenvalue weighted by Crippen LogP contribution is 2.41. The topological polar surface area (TPSA) is 46.9 Å². The number of para-hydroxylation sites is 3. The molecule has 1 aliphatic heterocycles. The van der Waals surface area contributed by atoms with Crippen LogP contribution >= 0.6 is 0 Å². The van der Waals surface area contributed by atoms with Crippen molar-refractivity contribution in [3.05, 3.63) is 272 Å². The fourth-order valence-corrected chi connectivity index (χ4v) is 10.9. The molecule has 0 radical (unpaired) electrons. The molecular formula is C64H45B2N5. The number of amidine groups is 1. The van der Waals surface area contributed by atoms with Gasteiger partial charge in [-0.3, -0.25) is 4.57 Å². The lowest BCUT2D eigenvalue weighted by Gasteiger charge is -2.17. The second kappa shape index (κ2) is 18.1. The fourth-order valence-electron chi connectivity index (χ4n) is 10.9. The third-order valence-electron chi connectivity index (χ3n) is 14.1. The molecule has 0 unspecified atom stereocenters. The minimum absolute atomic E-state index is 0.000942. The Bertz CT molecular complexity index is 3930. The predicted octanol–water partition coefficient (Wildman–Crippen LogP) is 10.1. The van der Waals surface area contributed by atoms with Gasteiger partial charge in [-0.1, -0.05) is 263 Å². The molecule has 1 aliphatic rings. The highest BCUT2D eigenvalue weighted by Gasteiger charge is 2.27. The lowest BCUT2D eigenvalue weighted by Crippen LogP contribution is -2.52. The lowest BCUT2D eigenvalue weighted by atomic mass is 9.37. The van der Waals surface area contributed by atoms with Gasteiger partial charge in [0.15, 0.2) is 5.84 Å². The Morgan fingerprint density at radius 2 is 0.803 bits per heavy atom. The molecule has 71 heavy (non-hydrogen) atoms. The number of fused-ring (bicyclic) bond motifs is 7. The Hall–Kier alpha value is -9.06. The molecule has 0 N–H and O–H groups in total. The van der Waals surface area contributed by atoms with Gasteiger partial charge in [0.1, 0.15) is 0 Å². The summed E-state index contributed by atoms with van der Waals surface area (Å²) in [4.78, 5) is 16.7. The van der Waals surface area contributed by atoms with Crippen molar-refractivity contribution in [2.45, 2.75) is 0 Å². The molecule has 13 rings (SSSR count). The van der Waals surface area contributed by atoms with Crippen molar-refractivity contribution >= 4 is 107 Å². The molecule has 0 fully saturated rings. The fraction of sp³-hybridized carbons (Fsp3) is 0.0156. The summed E-state index contributed by atoms with van der Waals surface area (Å²) in [5.74, 6) is 1.19. The van der Waals surface area contributed by atoms with Gasteiger partial charge in [0.2, 0.25) is 19.4 Å². The van der Waals surface area contributed by atoms with E-state index in [1.165, 1.54) is 38.1 Å². The van der Waals surface area contributed by atoms with E-state index in [1.54, 1.807) is 0 Å². The average Bonchev–Trinajstić information content (AvgIpc) is 3.86. The van der Waals surface area contributed by atoms with Crippen molar-refractivity contribution in [2.24, 2.45) is 15.0 Å². The van der Waals surface area contributed by atoms with E-state index in [1.807, 2.05) is 0 Å². The Balaban J connectivity index is 1.03. The van der Waals surface area contributed by atoms with E-state index in [-0.39, 0.29) is 13.4 Å². The second-order valence-corrected chi connectivity index (χ2v) is 18.3. The number of rotatable bonds is 9. The SMILES string of the molecule is c1ccc(B(c2ccccc2)c2cccc(C3=NC(c4cccc(B(c5ccccc5)c5ccccc5)c4)=NC(n4c5ccccc5c5c4ccc4c6ccccc6n(-c6ccccc6)c45)=NC3)c2)cc1. The van der Waals surface area contributed by atoms with Gasteiger partial charge in [-0.25, -0.2) is 9.98 Å². The molecule has 2 aromatic heterocycles. The third-order valence-corrected chi connectivity index (χ3v) is 14.1. The number of hydrogen-bond acceptors (Lipinski definition) is 3. The number of hydrogen-bond donors (Lipinski definition) is 0. The van der Waals surface area contributed by atoms with Crippen LogP contribution < -0.4 is 32.8 Å². The first-order valence-electron chi connectivity index (χ1n) is 24.4. The molecule has 7 heteroatoms. The maximum atomic E-state index is 5.60. The summed E-state index contributed by atoms with van der Waals surface area (Å²) in [6, 6.07) is 93.4. The summed E-state index contributed by atoms with van der Waals surface area (Å²) in [7, 11) is 0. The molecule has 0 aliphatic carbocycles. The van der Waals surface area contributed by atoms with E-state index in [0.717, 1.165) is 60.8 Å². The molecule has 10 aromatic carbocycles. The summed E-state index contributed by atoms with van der Waals surface area (Å²) in [6.07, 6.45) is 0. The number of benzene rings is 10. The van der Waals surface area contributed by atoms with Crippen LogP contribution in [0.25, 0.3) is 49.3 Å². The number of aliphatic imine (C=N–C) groups is 3. The molecule has 0 saturated carbocycles. The van der Waals surface area contributed by atoms with Crippen molar-refractivity contribution in [1.29, 1.82) is 0 Å². The maximum absolute atomic E-state index is 5.60. The van der Waals surface area contributed by atoms with Gasteiger partial charge in [-0.2, -0.15) is 4.99 Å². The van der Waals surface area contributed by atoms with E-state index in [2.05, 4.69) is 270 Å². The monoisotopic (exact) mass is 905 g/mol. The minimum Gasteiger partial charge on any atom is -0.309 e. The van der Waals surface area contributed by atoms with Gasteiger partial charge >= 0.3 is 0 Å². The van der Waals surface area contributed by atoms with E-state index < -0.39 is 0 Å². The van der Waals surface area contributed by atoms with Gasteiger partial charge in [0.25, 0.3) is 0 Å². The normalized spacial score (nSPS) is 12.7. The molecule has 0 spiro atoms. The van der Waals surface area contributed by atoms with Crippen LogP contribution in [-0.2, 0) is 0 Å². The zero-order chi connectivity index (χ0) is 47.1.